The van der Waals surface area contributed by atoms with Crippen molar-refractivity contribution in [2.45, 2.75) is 65.2 Å². The predicted octanol–water partition coefficient (Wildman–Crippen LogP) is 5.09. The van der Waals surface area contributed by atoms with Gasteiger partial charge in [-0.05, 0) is 79.0 Å². The Morgan fingerprint density at radius 2 is 2.19 bits per heavy atom. The lowest BCUT2D eigenvalue weighted by molar-refractivity contribution is -0.131. The fourth-order valence-corrected chi connectivity index (χ4v) is 5.91. The van der Waals surface area contributed by atoms with Gasteiger partial charge in [0, 0.05) is 17.9 Å². The first kappa shape index (κ1) is 17.3. The highest BCUT2D eigenvalue weighted by Gasteiger charge is 2.51. The molecule has 3 aliphatic carbocycles. The second-order valence-electron chi connectivity index (χ2n) is 8.44. The summed E-state index contributed by atoms with van der Waals surface area (Å²) < 4.78 is 5.47. The molecule has 3 heteroatoms. The van der Waals surface area contributed by atoms with E-state index in [2.05, 4.69) is 38.1 Å². The number of ether oxygens (including phenoxy) is 1. The minimum Gasteiger partial charge on any atom is -0.426 e. The average molecular weight is 349 g/mol. The van der Waals surface area contributed by atoms with Gasteiger partial charge in [0.15, 0.2) is 0 Å². The zero-order valence-electron chi connectivity index (χ0n) is 16.0. The standard InChI is InChI=1S/C23H27NO2/c1-4-15-11-20-16(12-22(15)26-14(2)25)5-7-19-18(20)9-10-23(3)17(13-24)6-8-21(19)23/h6,11-12,18-19,21H,4-5,7-10H2,1-3H3. The predicted molar refractivity (Wildman–Crippen MR) is 101 cm³/mol. The van der Waals surface area contributed by atoms with Crippen molar-refractivity contribution in [2.75, 3.05) is 0 Å². The Morgan fingerprint density at radius 3 is 2.88 bits per heavy atom. The SMILES string of the molecule is CCc1cc2c(cc1OC(C)=O)CCC1C2CCC2(C)C(C#N)=CCC12. The summed E-state index contributed by atoms with van der Waals surface area (Å²) in [6, 6.07) is 6.90. The third-order valence-electron chi connectivity index (χ3n) is 7.24. The Morgan fingerprint density at radius 1 is 1.38 bits per heavy atom. The zero-order valence-corrected chi connectivity index (χ0v) is 16.0. The summed E-state index contributed by atoms with van der Waals surface area (Å²) in [5.74, 6) is 2.34. The largest absolute Gasteiger partial charge is 0.426 e. The maximum absolute atomic E-state index is 11.4. The van der Waals surface area contributed by atoms with E-state index in [1.807, 2.05) is 0 Å². The van der Waals surface area contributed by atoms with Crippen molar-refractivity contribution in [3.05, 3.63) is 40.5 Å². The molecular weight excluding hydrogens is 322 g/mol. The third-order valence-corrected chi connectivity index (χ3v) is 7.24. The van der Waals surface area contributed by atoms with Crippen LogP contribution in [0.5, 0.6) is 5.75 Å². The van der Waals surface area contributed by atoms with E-state index < -0.39 is 0 Å². The first-order chi connectivity index (χ1) is 12.5. The number of aryl methyl sites for hydroxylation is 2. The molecule has 0 N–H and O–H groups in total. The highest BCUT2D eigenvalue weighted by molar-refractivity contribution is 5.70. The third kappa shape index (κ3) is 2.50. The molecule has 0 bridgehead atoms. The van der Waals surface area contributed by atoms with Crippen molar-refractivity contribution in [2.24, 2.45) is 17.3 Å². The van der Waals surface area contributed by atoms with Crippen LogP contribution in [-0.2, 0) is 17.6 Å². The van der Waals surface area contributed by atoms with E-state index in [1.165, 1.54) is 24.5 Å². The molecule has 4 unspecified atom stereocenters. The van der Waals surface area contributed by atoms with Gasteiger partial charge >= 0.3 is 5.97 Å². The molecule has 1 saturated carbocycles. The Balaban J connectivity index is 1.69. The van der Waals surface area contributed by atoms with Crippen LogP contribution in [0.15, 0.2) is 23.8 Å². The van der Waals surface area contributed by atoms with Crippen LogP contribution in [0.25, 0.3) is 0 Å². The summed E-state index contributed by atoms with van der Waals surface area (Å²) in [6.07, 6.45) is 8.60. The fraction of sp³-hybridized carbons (Fsp3) is 0.565. The molecule has 0 aromatic heterocycles. The lowest BCUT2D eigenvalue weighted by Gasteiger charge is -2.49. The van der Waals surface area contributed by atoms with E-state index in [9.17, 15) is 10.1 Å². The maximum atomic E-state index is 11.4. The van der Waals surface area contributed by atoms with Crippen LogP contribution in [0.3, 0.4) is 0 Å². The van der Waals surface area contributed by atoms with Crippen molar-refractivity contribution in [1.82, 2.24) is 0 Å². The molecule has 3 aliphatic rings. The molecule has 4 atom stereocenters. The second kappa shape index (κ2) is 6.27. The smallest absolute Gasteiger partial charge is 0.308 e. The summed E-state index contributed by atoms with van der Waals surface area (Å²) >= 11 is 0. The van der Waals surface area contributed by atoms with E-state index in [0.717, 1.165) is 49.0 Å². The summed E-state index contributed by atoms with van der Waals surface area (Å²) in [7, 11) is 0. The van der Waals surface area contributed by atoms with Crippen molar-refractivity contribution in [3.63, 3.8) is 0 Å². The van der Waals surface area contributed by atoms with E-state index in [0.29, 0.717) is 17.8 Å². The van der Waals surface area contributed by atoms with Crippen LogP contribution < -0.4 is 4.74 Å². The number of benzene rings is 1. The molecule has 26 heavy (non-hydrogen) atoms. The summed E-state index contributed by atoms with van der Waals surface area (Å²) in [5, 5.41) is 9.54. The van der Waals surface area contributed by atoms with Crippen LogP contribution >= 0.6 is 0 Å². The zero-order chi connectivity index (χ0) is 18.5. The highest BCUT2D eigenvalue weighted by Crippen LogP contribution is 2.61. The number of carbonyl (C=O) groups is 1. The topological polar surface area (TPSA) is 50.1 Å². The van der Waals surface area contributed by atoms with Crippen LogP contribution in [-0.4, -0.2) is 5.97 Å². The minimum atomic E-state index is -0.247. The van der Waals surface area contributed by atoms with Crippen molar-refractivity contribution in [1.29, 1.82) is 5.26 Å². The Bertz CT molecular complexity index is 831. The highest BCUT2D eigenvalue weighted by atomic mass is 16.5. The second-order valence-corrected chi connectivity index (χ2v) is 8.44. The van der Waals surface area contributed by atoms with Crippen LogP contribution in [0.4, 0.5) is 0 Å². The van der Waals surface area contributed by atoms with Gasteiger partial charge in [0.2, 0.25) is 0 Å². The Labute approximate surface area is 156 Å². The molecule has 0 aliphatic heterocycles. The number of carbonyl (C=O) groups excluding carboxylic acids is 1. The van der Waals surface area contributed by atoms with Gasteiger partial charge in [0.05, 0.1) is 6.07 Å². The molecule has 1 aromatic rings. The van der Waals surface area contributed by atoms with E-state index in [-0.39, 0.29) is 11.4 Å². The molecule has 4 rings (SSSR count). The number of esters is 1. The number of nitrogens with zero attached hydrogens (tertiary/aromatic N) is 1. The molecular formula is C23H27NO2. The number of allylic oxidation sites excluding steroid dienone is 2. The number of rotatable bonds is 2. The molecule has 1 aromatic carbocycles. The lowest BCUT2D eigenvalue weighted by Crippen LogP contribution is -2.41. The Kier molecular flexibility index (Phi) is 4.18. The maximum Gasteiger partial charge on any atom is 0.308 e. The van der Waals surface area contributed by atoms with Gasteiger partial charge in [0.25, 0.3) is 0 Å². The van der Waals surface area contributed by atoms with Crippen LogP contribution in [0, 0.1) is 28.6 Å². The quantitative estimate of drug-likeness (QED) is 0.552. The van der Waals surface area contributed by atoms with Gasteiger partial charge < -0.3 is 4.74 Å². The van der Waals surface area contributed by atoms with Gasteiger partial charge in [-0.1, -0.05) is 26.0 Å². The van der Waals surface area contributed by atoms with E-state index in [4.69, 9.17) is 4.74 Å². The molecule has 0 heterocycles. The van der Waals surface area contributed by atoms with Gasteiger partial charge in [-0.15, -0.1) is 0 Å². The first-order valence-corrected chi connectivity index (χ1v) is 9.92. The van der Waals surface area contributed by atoms with E-state index >= 15 is 0 Å². The van der Waals surface area contributed by atoms with Crippen molar-refractivity contribution in [3.8, 4) is 11.8 Å². The monoisotopic (exact) mass is 349 g/mol. The van der Waals surface area contributed by atoms with Crippen LogP contribution in [0.1, 0.15) is 69.1 Å². The molecule has 136 valence electrons. The minimum absolute atomic E-state index is 0.0820. The van der Waals surface area contributed by atoms with E-state index in [1.54, 1.807) is 0 Å². The van der Waals surface area contributed by atoms with Crippen molar-refractivity contribution >= 4 is 5.97 Å². The molecule has 0 radical (unpaired) electrons. The lowest BCUT2D eigenvalue weighted by atomic mass is 9.54. The number of fused-ring (bicyclic) bond motifs is 5. The fourth-order valence-electron chi connectivity index (χ4n) is 5.91. The van der Waals surface area contributed by atoms with Gasteiger partial charge in [0.1, 0.15) is 5.75 Å². The molecule has 0 spiro atoms. The number of nitriles is 1. The summed E-state index contributed by atoms with van der Waals surface area (Å²) in [6.45, 7) is 5.90. The Hall–Kier alpha value is -2.08. The van der Waals surface area contributed by atoms with Crippen molar-refractivity contribution < 1.29 is 9.53 Å². The average Bonchev–Trinajstić information content (AvgIpc) is 2.96. The van der Waals surface area contributed by atoms with Gasteiger partial charge in [-0.3, -0.25) is 4.79 Å². The van der Waals surface area contributed by atoms with Gasteiger partial charge in [-0.25, -0.2) is 0 Å². The molecule has 0 amide bonds. The summed E-state index contributed by atoms with van der Waals surface area (Å²) in [5.41, 5.74) is 5.07. The molecule has 3 nitrogen and oxygen atoms in total. The molecule has 0 saturated heterocycles. The summed E-state index contributed by atoms with van der Waals surface area (Å²) in [4.78, 5) is 11.4. The van der Waals surface area contributed by atoms with Crippen LogP contribution in [0.2, 0.25) is 0 Å². The normalized spacial score (nSPS) is 31.9. The van der Waals surface area contributed by atoms with Gasteiger partial charge in [-0.2, -0.15) is 5.26 Å². The number of hydrogen-bond acceptors (Lipinski definition) is 3. The molecule has 1 fully saturated rings. The number of hydrogen-bond donors (Lipinski definition) is 0. The first-order valence-electron chi connectivity index (χ1n) is 9.92.